The van der Waals surface area contributed by atoms with E-state index in [-0.39, 0.29) is 18.3 Å². The zero-order chi connectivity index (χ0) is 14.0. The monoisotopic (exact) mass is 296 g/mol. The van der Waals surface area contributed by atoms with E-state index in [4.69, 9.17) is 0 Å². The Hall–Kier alpha value is -1.06. The number of hydrogen-bond acceptors (Lipinski definition) is 2. The van der Waals surface area contributed by atoms with E-state index in [9.17, 15) is 4.79 Å². The van der Waals surface area contributed by atoms with E-state index < -0.39 is 5.41 Å². The third kappa shape index (κ3) is 3.15. The van der Waals surface area contributed by atoms with Gasteiger partial charge in [0.15, 0.2) is 0 Å². The lowest BCUT2D eigenvalue weighted by molar-refractivity contribution is -0.136. The maximum atomic E-state index is 12.8. The lowest BCUT2D eigenvalue weighted by Gasteiger charge is -2.34. The van der Waals surface area contributed by atoms with Crippen molar-refractivity contribution in [1.82, 2.24) is 10.2 Å². The van der Waals surface area contributed by atoms with E-state index in [1.165, 1.54) is 5.56 Å². The van der Waals surface area contributed by atoms with Crippen LogP contribution in [0.15, 0.2) is 24.3 Å². The Balaban J connectivity index is 0.00000200. The lowest BCUT2D eigenvalue weighted by Crippen LogP contribution is -2.47. The van der Waals surface area contributed by atoms with Crippen molar-refractivity contribution >= 4 is 18.3 Å². The van der Waals surface area contributed by atoms with Gasteiger partial charge in [0, 0.05) is 19.6 Å². The van der Waals surface area contributed by atoms with Crippen molar-refractivity contribution in [1.29, 1.82) is 0 Å². The summed E-state index contributed by atoms with van der Waals surface area (Å²) in [5, 5.41) is 3.32. The topological polar surface area (TPSA) is 32.3 Å². The first kappa shape index (κ1) is 17.0. The van der Waals surface area contributed by atoms with Crippen LogP contribution in [0, 0.1) is 6.92 Å². The predicted molar refractivity (Wildman–Crippen MR) is 85.5 cm³/mol. The van der Waals surface area contributed by atoms with Gasteiger partial charge in [-0.15, -0.1) is 12.4 Å². The smallest absolute Gasteiger partial charge is 0.232 e. The molecule has 0 aromatic heterocycles. The molecule has 1 fully saturated rings. The number of rotatable bonds is 3. The summed E-state index contributed by atoms with van der Waals surface area (Å²) in [4.78, 5) is 14.7. The van der Waals surface area contributed by atoms with Crippen molar-refractivity contribution in [2.45, 2.75) is 38.6 Å². The number of nitrogens with zero attached hydrogens (tertiary/aromatic N) is 1. The standard InChI is InChI=1S/C16H24N2O.ClH/c1-12-7-5-6-8-14(12)16(2,3)15(19)18(4)13-9-10-17-11-13;/h5-8,13,17H,9-11H2,1-4H3;1H. The quantitative estimate of drug-likeness (QED) is 0.929. The van der Waals surface area contributed by atoms with E-state index in [0.717, 1.165) is 25.1 Å². The minimum absolute atomic E-state index is 0. The number of amides is 1. The molecule has 0 radical (unpaired) electrons. The average Bonchev–Trinajstić information content (AvgIpc) is 2.91. The SMILES string of the molecule is Cc1ccccc1C(C)(C)C(=O)N(C)C1CCNC1.Cl. The number of halogens is 1. The first-order valence-electron chi connectivity index (χ1n) is 6.98. The van der Waals surface area contributed by atoms with Crippen molar-refractivity contribution in [2.75, 3.05) is 20.1 Å². The third-order valence-electron chi connectivity index (χ3n) is 4.26. The van der Waals surface area contributed by atoms with Crippen molar-refractivity contribution in [3.8, 4) is 0 Å². The van der Waals surface area contributed by atoms with Crippen molar-refractivity contribution in [3.63, 3.8) is 0 Å². The normalized spacial score (nSPS) is 18.5. The molecule has 0 bridgehead atoms. The Labute approximate surface area is 128 Å². The minimum atomic E-state index is -0.470. The van der Waals surface area contributed by atoms with E-state index >= 15 is 0 Å². The van der Waals surface area contributed by atoms with Gasteiger partial charge < -0.3 is 10.2 Å². The fourth-order valence-corrected chi connectivity index (χ4v) is 2.97. The molecule has 0 spiro atoms. The lowest BCUT2D eigenvalue weighted by atomic mass is 9.80. The summed E-state index contributed by atoms with van der Waals surface area (Å²) in [5.41, 5.74) is 1.83. The molecule has 1 amide bonds. The number of benzene rings is 1. The second-order valence-electron chi connectivity index (χ2n) is 6.00. The number of hydrogen-bond donors (Lipinski definition) is 1. The summed E-state index contributed by atoms with van der Waals surface area (Å²) < 4.78 is 0. The van der Waals surface area contributed by atoms with Crippen LogP contribution >= 0.6 is 12.4 Å². The van der Waals surface area contributed by atoms with Crippen molar-refractivity contribution in [2.24, 2.45) is 0 Å². The molecule has 1 heterocycles. The molecule has 112 valence electrons. The van der Waals surface area contributed by atoms with E-state index in [2.05, 4.69) is 24.4 Å². The van der Waals surface area contributed by atoms with E-state index in [0.29, 0.717) is 6.04 Å². The number of aryl methyl sites for hydroxylation is 1. The molecular weight excluding hydrogens is 272 g/mol. The van der Waals surface area contributed by atoms with Gasteiger partial charge in [-0.05, 0) is 44.9 Å². The largest absolute Gasteiger partial charge is 0.341 e. The van der Waals surface area contributed by atoms with Crippen LogP contribution in [0.5, 0.6) is 0 Å². The summed E-state index contributed by atoms with van der Waals surface area (Å²) in [6.45, 7) is 8.04. The van der Waals surface area contributed by atoms with Crippen LogP contribution < -0.4 is 5.32 Å². The fraction of sp³-hybridized carbons (Fsp3) is 0.562. The Morgan fingerprint density at radius 2 is 2.00 bits per heavy atom. The highest BCUT2D eigenvalue weighted by molar-refractivity contribution is 5.88. The molecule has 3 nitrogen and oxygen atoms in total. The van der Waals surface area contributed by atoms with Crippen molar-refractivity contribution in [3.05, 3.63) is 35.4 Å². The molecule has 2 rings (SSSR count). The van der Waals surface area contributed by atoms with Crippen LogP contribution in [-0.4, -0.2) is 37.0 Å². The molecule has 0 aliphatic carbocycles. The van der Waals surface area contributed by atoms with Crippen LogP contribution in [0.4, 0.5) is 0 Å². The van der Waals surface area contributed by atoms with Crippen molar-refractivity contribution < 1.29 is 4.79 Å². The molecule has 1 aliphatic heterocycles. The Kier molecular flexibility index (Phi) is 5.60. The summed E-state index contributed by atoms with van der Waals surface area (Å²) >= 11 is 0. The van der Waals surface area contributed by atoms with Gasteiger partial charge in [-0.2, -0.15) is 0 Å². The van der Waals surface area contributed by atoms with Gasteiger partial charge in [-0.1, -0.05) is 24.3 Å². The number of nitrogens with one attached hydrogen (secondary N) is 1. The number of likely N-dealkylation sites (N-methyl/N-ethyl adjacent to an activating group) is 1. The second-order valence-corrected chi connectivity index (χ2v) is 6.00. The maximum Gasteiger partial charge on any atom is 0.232 e. The zero-order valence-corrected chi connectivity index (χ0v) is 13.6. The molecule has 4 heteroatoms. The molecule has 1 atom stereocenters. The summed E-state index contributed by atoms with van der Waals surface area (Å²) in [7, 11) is 1.93. The molecule has 20 heavy (non-hydrogen) atoms. The van der Waals surface area contributed by atoms with Gasteiger partial charge in [-0.3, -0.25) is 4.79 Å². The highest BCUT2D eigenvalue weighted by Crippen LogP contribution is 2.29. The van der Waals surface area contributed by atoms with E-state index in [1.54, 1.807) is 0 Å². The molecule has 1 saturated heterocycles. The van der Waals surface area contributed by atoms with Gasteiger partial charge in [0.05, 0.1) is 5.41 Å². The molecule has 1 aromatic rings. The van der Waals surface area contributed by atoms with Crippen LogP contribution in [0.1, 0.15) is 31.4 Å². The molecule has 1 N–H and O–H groups in total. The Bertz CT molecular complexity index is 467. The summed E-state index contributed by atoms with van der Waals surface area (Å²) in [6.07, 6.45) is 1.05. The van der Waals surface area contributed by atoms with Gasteiger partial charge in [0.1, 0.15) is 0 Å². The van der Waals surface area contributed by atoms with Gasteiger partial charge in [0.25, 0.3) is 0 Å². The van der Waals surface area contributed by atoms with Crippen LogP contribution in [0.25, 0.3) is 0 Å². The first-order chi connectivity index (χ1) is 8.94. The summed E-state index contributed by atoms with van der Waals surface area (Å²) in [5.74, 6) is 0.204. The van der Waals surface area contributed by atoms with Gasteiger partial charge >= 0.3 is 0 Å². The minimum Gasteiger partial charge on any atom is -0.341 e. The van der Waals surface area contributed by atoms with Gasteiger partial charge in [-0.25, -0.2) is 0 Å². The first-order valence-corrected chi connectivity index (χ1v) is 6.98. The average molecular weight is 297 g/mol. The zero-order valence-electron chi connectivity index (χ0n) is 12.8. The highest BCUT2D eigenvalue weighted by Gasteiger charge is 2.36. The van der Waals surface area contributed by atoms with Gasteiger partial charge in [0.2, 0.25) is 5.91 Å². The third-order valence-corrected chi connectivity index (χ3v) is 4.26. The Morgan fingerprint density at radius 1 is 1.35 bits per heavy atom. The van der Waals surface area contributed by atoms with Crippen LogP contribution in [0.3, 0.4) is 0 Å². The molecule has 1 aromatic carbocycles. The number of carbonyl (C=O) groups is 1. The fourth-order valence-electron chi connectivity index (χ4n) is 2.97. The van der Waals surface area contributed by atoms with E-state index in [1.807, 2.05) is 37.9 Å². The van der Waals surface area contributed by atoms with Crippen LogP contribution in [0.2, 0.25) is 0 Å². The molecule has 0 saturated carbocycles. The highest BCUT2D eigenvalue weighted by atomic mass is 35.5. The Morgan fingerprint density at radius 3 is 2.55 bits per heavy atom. The summed E-state index contributed by atoms with van der Waals surface area (Å²) in [6, 6.07) is 8.49. The second kappa shape index (κ2) is 6.59. The molecule has 1 aliphatic rings. The molecular formula is C16H25ClN2O. The molecule has 1 unspecified atom stereocenters. The maximum absolute atomic E-state index is 12.8. The van der Waals surface area contributed by atoms with Crippen LogP contribution in [-0.2, 0) is 10.2 Å². The predicted octanol–water partition coefficient (Wildman–Crippen LogP) is 2.51. The number of carbonyl (C=O) groups excluding carboxylic acids is 1.